The number of fused-ring (bicyclic) bond motifs is 4. The molecule has 0 N–H and O–H groups in total. The molecule has 0 amide bonds. The first kappa shape index (κ1) is 22.3. The number of aromatic nitrogens is 2. The Bertz CT molecular complexity index is 1780. The van der Waals surface area contributed by atoms with Gasteiger partial charge in [0.25, 0.3) is 0 Å². The summed E-state index contributed by atoms with van der Waals surface area (Å²) in [5, 5.41) is 1.96. The summed E-state index contributed by atoms with van der Waals surface area (Å²) in [4.78, 5) is 9.65. The van der Waals surface area contributed by atoms with Gasteiger partial charge in [-0.3, -0.25) is 0 Å². The van der Waals surface area contributed by atoms with Crippen LogP contribution in [0.15, 0.2) is 72.8 Å². The van der Waals surface area contributed by atoms with Crippen molar-refractivity contribution >= 4 is 21.8 Å². The first-order chi connectivity index (χ1) is 18.2. The molecule has 37 heavy (non-hydrogen) atoms. The first-order valence-electron chi connectivity index (χ1n) is 11.6. The van der Waals surface area contributed by atoms with Gasteiger partial charge in [0.1, 0.15) is 22.9 Å². The molecular weight excluding hydrogens is 464 g/mol. The molecule has 6 nitrogen and oxygen atoms in total. The van der Waals surface area contributed by atoms with Gasteiger partial charge in [-0.1, -0.05) is 24.0 Å². The summed E-state index contributed by atoms with van der Waals surface area (Å²) in [6, 6.07) is 23.1. The average Bonchev–Trinajstić information content (AvgIpc) is 3.42. The number of nitrogens with zero attached hydrogens (tertiary/aromatic N) is 2. The quantitative estimate of drug-likeness (QED) is 0.249. The third kappa shape index (κ3) is 4.57. The Morgan fingerprint density at radius 2 is 1.16 bits per heavy atom. The lowest BCUT2D eigenvalue weighted by Gasteiger charge is -2.05. The standard InChI is InChI=1S/C31H20N2O4/c1-34-26-15-21(16-27(18-26)35-2)4-11-25-13-9-23-7-6-22-8-12-24(32-30(22)31(23)33-25)10-3-20-5-14-28-29(17-20)37-19-36-28/h5-9,12-18H,19H2,1-2H3. The maximum absolute atomic E-state index is 5.44. The lowest BCUT2D eigenvalue weighted by atomic mass is 10.1. The van der Waals surface area contributed by atoms with Crippen LogP contribution in [0.3, 0.4) is 0 Å². The summed E-state index contributed by atoms with van der Waals surface area (Å²) in [5.74, 6) is 15.4. The monoisotopic (exact) mass is 484 g/mol. The van der Waals surface area contributed by atoms with Gasteiger partial charge in [0.15, 0.2) is 11.5 Å². The average molecular weight is 485 g/mol. The summed E-state index contributed by atoms with van der Waals surface area (Å²) in [6.07, 6.45) is 0. The van der Waals surface area contributed by atoms with E-state index in [2.05, 4.69) is 23.7 Å². The van der Waals surface area contributed by atoms with E-state index in [9.17, 15) is 0 Å². The molecule has 2 aromatic heterocycles. The molecule has 3 heterocycles. The van der Waals surface area contributed by atoms with E-state index in [1.165, 1.54) is 0 Å². The minimum Gasteiger partial charge on any atom is -0.497 e. The molecule has 0 saturated heterocycles. The molecule has 6 heteroatoms. The van der Waals surface area contributed by atoms with Crippen molar-refractivity contribution in [2.75, 3.05) is 21.0 Å². The molecule has 0 spiro atoms. The topological polar surface area (TPSA) is 62.7 Å². The van der Waals surface area contributed by atoms with Crippen LogP contribution in [0.2, 0.25) is 0 Å². The van der Waals surface area contributed by atoms with Crippen LogP contribution in [-0.2, 0) is 0 Å². The lowest BCUT2D eigenvalue weighted by molar-refractivity contribution is 0.174. The Kier molecular flexibility index (Phi) is 5.69. The Balaban J connectivity index is 1.37. The smallest absolute Gasteiger partial charge is 0.231 e. The number of pyridine rings is 2. The zero-order valence-corrected chi connectivity index (χ0v) is 20.2. The van der Waals surface area contributed by atoms with Crippen molar-refractivity contribution in [2.45, 2.75) is 0 Å². The van der Waals surface area contributed by atoms with Crippen molar-refractivity contribution in [3.05, 3.63) is 95.3 Å². The molecule has 6 rings (SSSR count). The van der Waals surface area contributed by atoms with E-state index in [-0.39, 0.29) is 6.79 Å². The maximum Gasteiger partial charge on any atom is 0.231 e. The molecule has 0 unspecified atom stereocenters. The fourth-order valence-electron chi connectivity index (χ4n) is 4.03. The van der Waals surface area contributed by atoms with Gasteiger partial charge in [-0.05, 0) is 66.4 Å². The maximum atomic E-state index is 5.44. The predicted octanol–water partition coefficient (Wildman–Crippen LogP) is 5.33. The molecule has 5 aromatic rings. The highest BCUT2D eigenvalue weighted by molar-refractivity contribution is 6.03. The minimum absolute atomic E-state index is 0.235. The fourth-order valence-corrected chi connectivity index (χ4v) is 4.03. The number of hydrogen-bond acceptors (Lipinski definition) is 6. The first-order valence-corrected chi connectivity index (χ1v) is 11.6. The molecular formula is C31H20N2O4. The van der Waals surface area contributed by atoms with Crippen LogP contribution >= 0.6 is 0 Å². The highest BCUT2D eigenvalue weighted by Gasteiger charge is 2.12. The lowest BCUT2D eigenvalue weighted by Crippen LogP contribution is -1.92. The van der Waals surface area contributed by atoms with E-state index < -0.39 is 0 Å². The molecule has 0 saturated carbocycles. The summed E-state index contributed by atoms with van der Waals surface area (Å²) >= 11 is 0. The number of benzene rings is 3. The fraction of sp³-hybridized carbons (Fsp3) is 0.0968. The Labute approximate surface area is 213 Å². The molecule has 0 bridgehead atoms. The third-order valence-electron chi connectivity index (χ3n) is 5.91. The summed E-state index contributed by atoms with van der Waals surface area (Å²) in [5.41, 5.74) is 4.45. The van der Waals surface area contributed by atoms with Gasteiger partial charge in [-0.25, -0.2) is 9.97 Å². The molecule has 0 fully saturated rings. The second-order valence-corrected chi connectivity index (χ2v) is 8.27. The molecule has 3 aromatic carbocycles. The van der Waals surface area contributed by atoms with Crippen LogP contribution in [0.25, 0.3) is 21.8 Å². The molecule has 178 valence electrons. The van der Waals surface area contributed by atoms with Crippen LogP contribution in [0.1, 0.15) is 22.5 Å². The number of rotatable bonds is 2. The van der Waals surface area contributed by atoms with Crippen LogP contribution in [0.4, 0.5) is 0 Å². The highest BCUT2D eigenvalue weighted by Crippen LogP contribution is 2.32. The van der Waals surface area contributed by atoms with Gasteiger partial charge in [-0.15, -0.1) is 0 Å². The van der Waals surface area contributed by atoms with Crippen molar-refractivity contribution in [1.29, 1.82) is 0 Å². The second-order valence-electron chi connectivity index (χ2n) is 8.27. The van der Waals surface area contributed by atoms with Gasteiger partial charge in [0, 0.05) is 28.0 Å². The van der Waals surface area contributed by atoms with Gasteiger partial charge in [0.2, 0.25) is 6.79 Å². The Hall–Kier alpha value is -5.20. The normalized spacial score (nSPS) is 11.4. The summed E-state index contributed by atoms with van der Waals surface area (Å²) in [6.45, 7) is 0.235. The van der Waals surface area contributed by atoms with E-state index in [0.29, 0.717) is 28.6 Å². The van der Waals surface area contributed by atoms with Crippen LogP contribution in [0, 0.1) is 23.7 Å². The highest BCUT2D eigenvalue weighted by atomic mass is 16.7. The summed E-state index contributed by atoms with van der Waals surface area (Å²) < 4.78 is 21.5. The molecule has 0 radical (unpaired) electrons. The minimum atomic E-state index is 0.235. The van der Waals surface area contributed by atoms with Gasteiger partial charge in [-0.2, -0.15) is 0 Å². The molecule has 1 aliphatic heterocycles. The van der Waals surface area contributed by atoms with E-state index >= 15 is 0 Å². The molecule has 1 aliphatic rings. The van der Waals surface area contributed by atoms with Crippen molar-refractivity contribution in [2.24, 2.45) is 0 Å². The number of ether oxygens (including phenoxy) is 4. The predicted molar refractivity (Wildman–Crippen MR) is 141 cm³/mol. The Morgan fingerprint density at radius 3 is 1.78 bits per heavy atom. The van der Waals surface area contributed by atoms with Crippen molar-refractivity contribution < 1.29 is 18.9 Å². The van der Waals surface area contributed by atoms with E-state index in [1.54, 1.807) is 14.2 Å². The summed E-state index contributed by atoms with van der Waals surface area (Å²) in [7, 11) is 3.23. The van der Waals surface area contributed by atoms with Crippen LogP contribution < -0.4 is 18.9 Å². The number of hydrogen-bond donors (Lipinski definition) is 0. The van der Waals surface area contributed by atoms with E-state index in [0.717, 1.165) is 38.7 Å². The number of methoxy groups -OCH3 is 2. The van der Waals surface area contributed by atoms with Crippen molar-refractivity contribution in [1.82, 2.24) is 9.97 Å². The molecule has 0 aliphatic carbocycles. The Morgan fingerprint density at radius 1 is 0.595 bits per heavy atom. The largest absolute Gasteiger partial charge is 0.497 e. The van der Waals surface area contributed by atoms with Crippen LogP contribution in [0.5, 0.6) is 23.0 Å². The van der Waals surface area contributed by atoms with E-state index in [4.69, 9.17) is 28.9 Å². The van der Waals surface area contributed by atoms with E-state index in [1.807, 2.05) is 72.8 Å². The van der Waals surface area contributed by atoms with Crippen molar-refractivity contribution in [3.8, 4) is 46.7 Å². The SMILES string of the molecule is COc1cc(C#Cc2ccc3ccc4ccc(C#Cc5ccc6c(c5)OCO6)nc4c3n2)cc(OC)c1. The zero-order chi connectivity index (χ0) is 25.2. The van der Waals surface area contributed by atoms with Gasteiger partial charge < -0.3 is 18.9 Å². The molecule has 0 atom stereocenters. The van der Waals surface area contributed by atoms with Crippen LogP contribution in [-0.4, -0.2) is 31.0 Å². The third-order valence-corrected chi connectivity index (χ3v) is 5.91. The second kappa shape index (κ2) is 9.45. The van der Waals surface area contributed by atoms with Gasteiger partial charge in [0.05, 0.1) is 25.3 Å². The zero-order valence-electron chi connectivity index (χ0n) is 20.2. The van der Waals surface area contributed by atoms with Gasteiger partial charge >= 0.3 is 0 Å². The van der Waals surface area contributed by atoms with Crippen molar-refractivity contribution in [3.63, 3.8) is 0 Å².